The minimum absolute atomic E-state index is 0.000693. The highest BCUT2D eigenvalue weighted by molar-refractivity contribution is 5.20. The molecule has 0 amide bonds. The molecule has 2 fully saturated rings. The summed E-state index contributed by atoms with van der Waals surface area (Å²) in [5.74, 6) is -1.43. The number of rotatable bonds is 5. The van der Waals surface area contributed by atoms with Crippen LogP contribution in [0.4, 0.5) is 14.8 Å². The molecule has 2 aromatic rings. The summed E-state index contributed by atoms with van der Waals surface area (Å²) in [6, 6.07) is 0.375. The van der Waals surface area contributed by atoms with E-state index in [4.69, 9.17) is 4.42 Å². The van der Waals surface area contributed by atoms with E-state index >= 15 is 0 Å². The van der Waals surface area contributed by atoms with Gasteiger partial charge in [-0.25, -0.2) is 13.5 Å². The summed E-state index contributed by atoms with van der Waals surface area (Å²) in [4.78, 5) is 0. The molecular weight excluding hydrogens is 306 g/mol. The van der Waals surface area contributed by atoms with E-state index in [0.29, 0.717) is 42.9 Å². The standard InChI is InChI=1S/C14H18F2N6O/c15-14(16)5-3-11(4-6-14)22-8-10(18-21-22)7-17-13-20-19-12(23-13)9-1-2-9/h8-9,11H,1-7H2,(H,17,20). The summed E-state index contributed by atoms with van der Waals surface area (Å²) in [6.07, 6.45) is 4.69. The molecule has 4 rings (SSSR count). The van der Waals surface area contributed by atoms with Crippen molar-refractivity contribution in [3.05, 3.63) is 17.8 Å². The molecule has 9 heteroatoms. The lowest BCUT2D eigenvalue weighted by atomic mass is 9.92. The van der Waals surface area contributed by atoms with Gasteiger partial charge in [0.2, 0.25) is 11.8 Å². The number of nitrogens with zero attached hydrogens (tertiary/aromatic N) is 5. The van der Waals surface area contributed by atoms with Crippen LogP contribution in [-0.4, -0.2) is 31.1 Å². The maximum atomic E-state index is 13.2. The average Bonchev–Trinajstić information content (AvgIpc) is 3.09. The van der Waals surface area contributed by atoms with Crippen LogP contribution in [0.5, 0.6) is 0 Å². The van der Waals surface area contributed by atoms with Crippen molar-refractivity contribution in [3.8, 4) is 0 Å². The van der Waals surface area contributed by atoms with Crippen LogP contribution in [0.3, 0.4) is 0 Å². The van der Waals surface area contributed by atoms with E-state index in [1.807, 2.05) is 0 Å². The summed E-state index contributed by atoms with van der Waals surface area (Å²) in [7, 11) is 0. The van der Waals surface area contributed by atoms with Gasteiger partial charge in [0.1, 0.15) is 5.69 Å². The zero-order chi connectivity index (χ0) is 15.9. The van der Waals surface area contributed by atoms with E-state index in [-0.39, 0.29) is 18.9 Å². The number of hydrogen-bond donors (Lipinski definition) is 1. The minimum atomic E-state index is -2.53. The molecule has 2 aliphatic rings. The highest BCUT2D eigenvalue weighted by Crippen LogP contribution is 2.39. The second kappa shape index (κ2) is 5.54. The fourth-order valence-corrected chi connectivity index (χ4v) is 2.83. The minimum Gasteiger partial charge on any atom is -0.408 e. The van der Waals surface area contributed by atoms with E-state index in [2.05, 4.69) is 25.8 Å². The van der Waals surface area contributed by atoms with Gasteiger partial charge in [0.15, 0.2) is 0 Å². The average molecular weight is 324 g/mol. The molecule has 1 N–H and O–H groups in total. The molecule has 2 heterocycles. The largest absolute Gasteiger partial charge is 0.408 e. The van der Waals surface area contributed by atoms with Crippen LogP contribution in [0, 0.1) is 0 Å². The summed E-state index contributed by atoms with van der Waals surface area (Å²) in [5.41, 5.74) is 0.716. The Morgan fingerprint density at radius 1 is 1.17 bits per heavy atom. The third-order valence-electron chi connectivity index (χ3n) is 4.41. The molecule has 0 unspecified atom stereocenters. The van der Waals surface area contributed by atoms with Crippen molar-refractivity contribution in [3.63, 3.8) is 0 Å². The Labute approximate surface area is 131 Å². The predicted molar refractivity (Wildman–Crippen MR) is 76.1 cm³/mol. The van der Waals surface area contributed by atoms with E-state index in [0.717, 1.165) is 12.8 Å². The maximum Gasteiger partial charge on any atom is 0.315 e. The number of aromatic nitrogens is 5. The van der Waals surface area contributed by atoms with Crippen LogP contribution in [0.15, 0.2) is 10.6 Å². The van der Waals surface area contributed by atoms with Crippen molar-refractivity contribution < 1.29 is 13.2 Å². The lowest BCUT2D eigenvalue weighted by Crippen LogP contribution is -2.26. The normalized spacial score (nSPS) is 21.5. The first-order valence-corrected chi connectivity index (χ1v) is 7.95. The SMILES string of the molecule is FC1(F)CCC(n2cc(CNc3nnc(C4CC4)o3)nn2)CC1. The van der Waals surface area contributed by atoms with Crippen molar-refractivity contribution >= 4 is 6.01 Å². The van der Waals surface area contributed by atoms with Crippen LogP contribution in [0.2, 0.25) is 0 Å². The first-order chi connectivity index (χ1) is 11.1. The Balaban J connectivity index is 1.32. The first kappa shape index (κ1) is 14.5. The molecule has 7 nitrogen and oxygen atoms in total. The molecule has 0 spiro atoms. The summed E-state index contributed by atoms with van der Waals surface area (Å²) in [5, 5.41) is 19.1. The number of halogens is 2. The lowest BCUT2D eigenvalue weighted by molar-refractivity contribution is -0.0451. The van der Waals surface area contributed by atoms with Gasteiger partial charge in [0.25, 0.3) is 0 Å². The molecule has 0 radical (unpaired) electrons. The Morgan fingerprint density at radius 3 is 2.70 bits per heavy atom. The van der Waals surface area contributed by atoms with Gasteiger partial charge in [0.05, 0.1) is 18.8 Å². The van der Waals surface area contributed by atoms with Gasteiger partial charge in [-0.1, -0.05) is 10.3 Å². The lowest BCUT2D eigenvalue weighted by Gasteiger charge is -2.27. The van der Waals surface area contributed by atoms with Gasteiger partial charge in [-0.15, -0.1) is 10.2 Å². The van der Waals surface area contributed by atoms with E-state index in [1.54, 1.807) is 10.9 Å². The Kier molecular flexibility index (Phi) is 3.50. The van der Waals surface area contributed by atoms with E-state index < -0.39 is 5.92 Å². The van der Waals surface area contributed by atoms with Gasteiger partial charge < -0.3 is 9.73 Å². The zero-order valence-electron chi connectivity index (χ0n) is 12.6. The van der Waals surface area contributed by atoms with Gasteiger partial charge in [-0.2, -0.15) is 0 Å². The van der Waals surface area contributed by atoms with Crippen LogP contribution >= 0.6 is 0 Å². The number of nitrogens with one attached hydrogen (secondary N) is 1. The maximum absolute atomic E-state index is 13.2. The van der Waals surface area contributed by atoms with Crippen LogP contribution < -0.4 is 5.32 Å². The molecule has 23 heavy (non-hydrogen) atoms. The molecule has 0 saturated heterocycles. The van der Waals surface area contributed by atoms with Gasteiger partial charge in [-0.3, -0.25) is 0 Å². The molecule has 0 atom stereocenters. The zero-order valence-corrected chi connectivity index (χ0v) is 12.6. The topological polar surface area (TPSA) is 81.7 Å². The predicted octanol–water partition coefficient (Wildman–Crippen LogP) is 2.90. The fourth-order valence-electron chi connectivity index (χ4n) is 2.83. The van der Waals surface area contributed by atoms with Crippen molar-refractivity contribution in [2.24, 2.45) is 0 Å². The molecule has 2 aromatic heterocycles. The summed E-state index contributed by atoms with van der Waals surface area (Å²) < 4.78 is 33.6. The number of alkyl halides is 2. The van der Waals surface area contributed by atoms with Crippen molar-refractivity contribution in [2.75, 3.05) is 5.32 Å². The smallest absolute Gasteiger partial charge is 0.315 e. The molecule has 0 aliphatic heterocycles. The summed E-state index contributed by atoms with van der Waals surface area (Å²) in [6.45, 7) is 0.412. The molecule has 2 saturated carbocycles. The Hall–Kier alpha value is -2.06. The molecule has 124 valence electrons. The second-order valence-electron chi connectivity index (χ2n) is 6.35. The molecule has 0 aromatic carbocycles. The van der Waals surface area contributed by atoms with Crippen LogP contribution in [0.25, 0.3) is 0 Å². The molecular formula is C14H18F2N6O. The third-order valence-corrected chi connectivity index (χ3v) is 4.41. The van der Waals surface area contributed by atoms with Gasteiger partial charge in [0, 0.05) is 18.8 Å². The quantitative estimate of drug-likeness (QED) is 0.910. The third kappa shape index (κ3) is 3.32. The Morgan fingerprint density at radius 2 is 1.96 bits per heavy atom. The van der Waals surface area contributed by atoms with Crippen molar-refractivity contribution in [1.29, 1.82) is 0 Å². The van der Waals surface area contributed by atoms with Crippen molar-refractivity contribution in [2.45, 2.75) is 63.0 Å². The van der Waals surface area contributed by atoms with Crippen molar-refractivity contribution in [1.82, 2.24) is 25.2 Å². The van der Waals surface area contributed by atoms with Crippen LogP contribution in [0.1, 0.15) is 62.1 Å². The first-order valence-electron chi connectivity index (χ1n) is 7.95. The highest BCUT2D eigenvalue weighted by Gasteiger charge is 2.35. The Bertz CT molecular complexity index is 670. The molecule has 0 bridgehead atoms. The van der Waals surface area contributed by atoms with Gasteiger partial charge in [-0.05, 0) is 25.7 Å². The second-order valence-corrected chi connectivity index (χ2v) is 6.35. The monoisotopic (exact) mass is 324 g/mol. The number of anilines is 1. The number of hydrogen-bond acceptors (Lipinski definition) is 6. The van der Waals surface area contributed by atoms with Gasteiger partial charge >= 0.3 is 6.01 Å². The highest BCUT2D eigenvalue weighted by atomic mass is 19.3. The van der Waals surface area contributed by atoms with E-state index in [9.17, 15) is 8.78 Å². The van der Waals surface area contributed by atoms with E-state index in [1.165, 1.54) is 0 Å². The summed E-state index contributed by atoms with van der Waals surface area (Å²) >= 11 is 0. The fraction of sp³-hybridized carbons (Fsp3) is 0.714. The van der Waals surface area contributed by atoms with Crippen LogP contribution in [-0.2, 0) is 6.54 Å². The molecule has 2 aliphatic carbocycles.